The molecule has 25 heavy (non-hydrogen) atoms. The van der Waals surface area contributed by atoms with Crippen LogP contribution in [0.1, 0.15) is 90.4 Å². The van der Waals surface area contributed by atoms with Crippen LogP contribution in [0.2, 0.25) is 0 Å². The van der Waals surface area contributed by atoms with Crippen molar-refractivity contribution in [1.29, 1.82) is 0 Å². The number of likely N-dealkylation sites (N-methyl/N-ethyl adjacent to an activating group) is 1. The average Bonchev–Trinajstić information content (AvgIpc) is 2.54. The predicted octanol–water partition coefficient (Wildman–Crippen LogP) is 5.88. The quantitative estimate of drug-likeness (QED) is 0.141. The van der Waals surface area contributed by atoms with Gasteiger partial charge in [0.2, 0.25) is 0 Å². The van der Waals surface area contributed by atoms with E-state index in [4.69, 9.17) is 4.74 Å². The van der Waals surface area contributed by atoms with E-state index in [2.05, 4.69) is 34.6 Å². The molecule has 0 saturated heterocycles. The van der Waals surface area contributed by atoms with Gasteiger partial charge >= 0.3 is 5.97 Å². The Morgan fingerprint density at radius 2 is 1.32 bits per heavy atom. The van der Waals surface area contributed by atoms with Gasteiger partial charge in [0.15, 0.2) is 6.10 Å². The highest BCUT2D eigenvalue weighted by Gasteiger charge is 2.20. The van der Waals surface area contributed by atoms with Gasteiger partial charge in [0.25, 0.3) is 0 Å². The minimum atomic E-state index is -0.294. The number of hydrogen-bond acceptors (Lipinski definition) is 2. The topological polar surface area (TPSA) is 26.3 Å². The molecule has 0 aromatic heterocycles. The molecular formula is C22H44NO2+. The van der Waals surface area contributed by atoms with Gasteiger partial charge in [-0.15, -0.1) is 0 Å². The number of carbonyl (C=O) groups excluding carboxylic acids is 1. The Labute approximate surface area is 157 Å². The number of carbonyl (C=O) groups is 1. The zero-order valence-electron chi connectivity index (χ0n) is 17.5. The second-order valence-corrected chi connectivity index (χ2v) is 8.41. The summed E-state index contributed by atoms with van der Waals surface area (Å²) in [7, 11) is 6.41. The number of ether oxygens (including phenoxy) is 1. The summed E-state index contributed by atoms with van der Waals surface area (Å²) in [4.78, 5) is 11.5. The van der Waals surface area contributed by atoms with Crippen LogP contribution in [0.25, 0.3) is 0 Å². The van der Waals surface area contributed by atoms with Crippen LogP contribution < -0.4 is 0 Å². The molecule has 0 aromatic carbocycles. The van der Waals surface area contributed by atoms with E-state index >= 15 is 0 Å². The number of hydrogen-bond donors (Lipinski definition) is 0. The maximum atomic E-state index is 11.5. The van der Waals surface area contributed by atoms with Crippen molar-refractivity contribution in [2.24, 2.45) is 0 Å². The lowest BCUT2D eigenvalue weighted by atomic mass is 10.0. The molecule has 0 bridgehead atoms. The lowest BCUT2D eigenvalue weighted by molar-refractivity contribution is -0.873. The lowest BCUT2D eigenvalue weighted by Gasteiger charge is -2.28. The van der Waals surface area contributed by atoms with E-state index in [1.807, 2.05) is 0 Å². The first-order valence-electron chi connectivity index (χ1n) is 10.5. The van der Waals surface area contributed by atoms with Gasteiger partial charge in [0, 0.05) is 6.08 Å². The van der Waals surface area contributed by atoms with E-state index in [1.54, 1.807) is 0 Å². The average molecular weight is 355 g/mol. The molecule has 0 saturated carbocycles. The molecule has 0 amide bonds. The Hall–Kier alpha value is -0.830. The maximum Gasteiger partial charge on any atom is 0.330 e. The molecule has 1 unspecified atom stereocenters. The first-order valence-corrected chi connectivity index (χ1v) is 10.5. The molecule has 0 radical (unpaired) electrons. The van der Waals surface area contributed by atoms with Gasteiger partial charge in [-0.1, -0.05) is 84.1 Å². The van der Waals surface area contributed by atoms with E-state index in [0.717, 1.165) is 23.9 Å². The fourth-order valence-electron chi connectivity index (χ4n) is 3.22. The minimum Gasteiger partial charge on any atom is -0.453 e. The number of nitrogens with zero attached hydrogens (tertiary/aromatic N) is 1. The van der Waals surface area contributed by atoms with Crippen LogP contribution in [-0.2, 0) is 9.53 Å². The number of esters is 1. The van der Waals surface area contributed by atoms with E-state index in [9.17, 15) is 4.79 Å². The third-order valence-electron chi connectivity index (χ3n) is 4.58. The first-order chi connectivity index (χ1) is 11.9. The molecule has 0 aliphatic rings. The fourth-order valence-corrected chi connectivity index (χ4v) is 3.22. The van der Waals surface area contributed by atoms with Gasteiger partial charge < -0.3 is 9.22 Å². The zero-order valence-corrected chi connectivity index (χ0v) is 17.5. The van der Waals surface area contributed by atoms with Crippen LogP contribution in [-0.4, -0.2) is 44.2 Å². The highest BCUT2D eigenvalue weighted by Crippen LogP contribution is 2.15. The van der Waals surface area contributed by atoms with Crippen molar-refractivity contribution in [3.05, 3.63) is 12.7 Å². The van der Waals surface area contributed by atoms with Gasteiger partial charge in [0.05, 0.1) is 21.1 Å². The summed E-state index contributed by atoms with van der Waals surface area (Å²) in [6, 6.07) is 0. The van der Waals surface area contributed by atoms with Crippen molar-refractivity contribution in [2.45, 2.75) is 96.5 Å². The highest BCUT2D eigenvalue weighted by molar-refractivity contribution is 5.81. The molecule has 0 aliphatic carbocycles. The summed E-state index contributed by atoms with van der Waals surface area (Å²) in [5.74, 6) is -0.294. The molecule has 0 aromatic rings. The lowest BCUT2D eigenvalue weighted by Crippen LogP contribution is -2.42. The van der Waals surface area contributed by atoms with Gasteiger partial charge in [0.1, 0.15) is 6.54 Å². The third kappa shape index (κ3) is 17.8. The highest BCUT2D eigenvalue weighted by atomic mass is 16.5. The van der Waals surface area contributed by atoms with Crippen molar-refractivity contribution < 1.29 is 14.0 Å². The predicted molar refractivity (Wildman–Crippen MR) is 109 cm³/mol. The molecule has 3 nitrogen and oxygen atoms in total. The van der Waals surface area contributed by atoms with E-state index in [1.165, 1.54) is 76.7 Å². The second-order valence-electron chi connectivity index (χ2n) is 8.41. The monoisotopic (exact) mass is 354 g/mol. The van der Waals surface area contributed by atoms with Crippen LogP contribution >= 0.6 is 0 Å². The van der Waals surface area contributed by atoms with E-state index < -0.39 is 0 Å². The standard InChI is InChI=1S/C22H44NO2/c1-6-8-9-10-11-12-13-14-15-16-17-18-19-21(20-23(3,4)5)25-22(24)7-2/h7,21H,2,6,8-20H2,1,3-5H3/q+1. The summed E-state index contributed by atoms with van der Waals surface area (Å²) < 4.78 is 6.32. The zero-order chi connectivity index (χ0) is 19.0. The molecule has 0 N–H and O–H groups in total. The Bertz CT molecular complexity index is 333. The van der Waals surface area contributed by atoms with Crippen molar-refractivity contribution in [1.82, 2.24) is 0 Å². The Morgan fingerprint density at radius 1 is 0.880 bits per heavy atom. The molecule has 0 rings (SSSR count). The molecule has 0 fully saturated rings. The minimum absolute atomic E-state index is 0.00798. The van der Waals surface area contributed by atoms with Crippen molar-refractivity contribution in [2.75, 3.05) is 27.7 Å². The normalized spacial score (nSPS) is 12.8. The van der Waals surface area contributed by atoms with E-state index in [0.29, 0.717) is 0 Å². The Morgan fingerprint density at radius 3 is 1.72 bits per heavy atom. The largest absolute Gasteiger partial charge is 0.453 e. The summed E-state index contributed by atoms with van der Waals surface area (Å²) in [5.41, 5.74) is 0. The van der Waals surface area contributed by atoms with Crippen molar-refractivity contribution in [3.63, 3.8) is 0 Å². The number of quaternary nitrogens is 1. The second kappa shape index (κ2) is 15.4. The van der Waals surface area contributed by atoms with Crippen LogP contribution in [0.3, 0.4) is 0 Å². The third-order valence-corrected chi connectivity index (χ3v) is 4.58. The summed E-state index contributed by atoms with van der Waals surface area (Å²) >= 11 is 0. The van der Waals surface area contributed by atoms with Crippen LogP contribution in [0, 0.1) is 0 Å². The van der Waals surface area contributed by atoms with Crippen molar-refractivity contribution >= 4 is 5.97 Å². The Kier molecular flexibility index (Phi) is 14.9. The fraction of sp³-hybridized carbons (Fsp3) is 0.864. The summed E-state index contributed by atoms with van der Waals surface area (Å²) in [6.45, 7) is 6.63. The van der Waals surface area contributed by atoms with Gasteiger partial charge in [-0.2, -0.15) is 0 Å². The van der Waals surface area contributed by atoms with Crippen LogP contribution in [0.5, 0.6) is 0 Å². The van der Waals surface area contributed by atoms with Crippen LogP contribution in [0.4, 0.5) is 0 Å². The summed E-state index contributed by atoms with van der Waals surface area (Å²) in [6.07, 6.45) is 18.5. The molecular weight excluding hydrogens is 310 g/mol. The smallest absolute Gasteiger partial charge is 0.330 e. The molecule has 148 valence electrons. The Balaban J connectivity index is 3.64. The van der Waals surface area contributed by atoms with Gasteiger partial charge in [-0.3, -0.25) is 0 Å². The van der Waals surface area contributed by atoms with E-state index in [-0.39, 0.29) is 12.1 Å². The summed E-state index contributed by atoms with van der Waals surface area (Å²) in [5, 5.41) is 0. The molecule has 3 heteroatoms. The number of rotatable bonds is 17. The maximum absolute atomic E-state index is 11.5. The molecule has 0 heterocycles. The molecule has 0 spiro atoms. The number of unbranched alkanes of at least 4 members (excludes halogenated alkanes) is 11. The van der Waals surface area contributed by atoms with Gasteiger partial charge in [-0.25, -0.2) is 4.79 Å². The molecule has 0 aliphatic heterocycles. The van der Waals surface area contributed by atoms with Crippen molar-refractivity contribution in [3.8, 4) is 0 Å². The van der Waals surface area contributed by atoms with Crippen LogP contribution in [0.15, 0.2) is 12.7 Å². The SMILES string of the molecule is C=CC(=O)OC(CCCCCCCCCCCCCC)C[N+](C)(C)C. The first kappa shape index (κ1) is 24.2. The van der Waals surface area contributed by atoms with Gasteiger partial charge in [-0.05, 0) is 12.8 Å². The molecule has 1 atom stereocenters.